The maximum absolute atomic E-state index is 11.0. The van der Waals surface area contributed by atoms with E-state index >= 15 is 0 Å². The van der Waals surface area contributed by atoms with E-state index in [9.17, 15) is 4.79 Å². The summed E-state index contributed by atoms with van der Waals surface area (Å²) in [4.78, 5) is 11.0. The van der Waals surface area contributed by atoms with Crippen molar-refractivity contribution in [2.24, 2.45) is 0 Å². The van der Waals surface area contributed by atoms with Gasteiger partial charge in [0.05, 0.1) is 0 Å². The molecule has 5 radical (unpaired) electrons. The fourth-order valence-corrected chi connectivity index (χ4v) is 0.525. The highest BCUT2D eigenvalue weighted by Crippen LogP contribution is 2.22. The van der Waals surface area contributed by atoms with Gasteiger partial charge in [0.25, 0.3) is 0 Å². The van der Waals surface area contributed by atoms with Crippen molar-refractivity contribution < 1.29 is 8.91 Å². The highest BCUT2D eigenvalue weighted by atomic mass is 16.1. The van der Waals surface area contributed by atoms with Crippen LogP contribution in [-0.4, -0.2) is 5.78 Å². The molecule has 0 heterocycles. The first-order valence-corrected chi connectivity index (χ1v) is 2.28. The Kier molecular flexibility index (Phi) is 0.859. The van der Waals surface area contributed by atoms with Crippen LogP contribution in [-0.2, 0) is 4.79 Å². The molecule has 41 valence electrons. The number of rotatable bonds is 1. The normalized spacial score (nSPS) is 28.8. The summed E-state index contributed by atoms with van der Waals surface area (Å²) >= 11 is 0. The van der Waals surface area contributed by atoms with Gasteiger partial charge in [-0.25, -0.2) is 0 Å². The lowest BCUT2D eigenvalue weighted by Gasteiger charge is -1.97. The van der Waals surface area contributed by atoms with Gasteiger partial charge in [0.15, 0.2) is 0 Å². The van der Waals surface area contributed by atoms with Crippen molar-refractivity contribution in [2.75, 3.05) is 0 Å². The minimum atomic E-state index is -2.51. The first-order chi connectivity index (χ1) is 5.02. The highest BCUT2D eigenvalue weighted by molar-refractivity contribution is 5.95. The van der Waals surface area contributed by atoms with Gasteiger partial charge in [-0.2, -0.15) is 0 Å². The van der Waals surface area contributed by atoms with Gasteiger partial charge in [0.1, 0.15) is 5.78 Å². The van der Waals surface area contributed by atoms with Gasteiger partial charge in [-0.3, -0.25) is 4.79 Å². The Hall–Kier alpha value is -0.330. The van der Waals surface area contributed by atoms with Crippen LogP contribution in [0.5, 0.6) is 0 Å². The van der Waals surface area contributed by atoms with Gasteiger partial charge >= 0.3 is 0 Å². The Morgan fingerprint density at radius 3 is 2.75 bits per heavy atom. The van der Waals surface area contributed by atoms with Crippen molar-refractivity contribution in [2.45, 2.75) is 6.85 Å². The summed E-state index contributed by atoms with van der Waals surface area (Å²) in [7, 11) is 0. The zero-order chi connectivity index (χ0) is 8.48. The average Bonchev–Trinajstić information content (AvgIpc) is 2.34. The van der Waals surface area contributed by atoms with Crippen LogP contribution in [0.2, 0.25) is 0 Å². The Balaban J connectivity index is 2.53. The van der Waals surface area contributed by atoms with E-state index < -0.39 is 12.6 Å². The van der Waals surface area contributed by atoms with Gasteiger partial charge in [-0.1, -0.05) is 0 Å². The molecule has 0 aromatic carbocycles. The van der Waals surface area contributed by atoms with E-state index in [1.165, 1.54) is 12.8 Å². The predicted octanol–water partition coefficient (Wildman–Crippen LogP) is 0.981. The van der Waals surface area contributed by atoms with E-state index in [1.54, 1.807) is 12.8 Å². The van der Waals surface area contributed by atoms with Crippen LogP contribution in [0.25, 0.3) is 0 Å². The molecule has 0 aromatic rings. The molecule has 0 atom stereocenters. The molecule has 0 N–H and O–H groups in total. The number of carbonyl (C=O) groups is 1. The summed E-state index contributed by atoms with van der Waals surface area (Å²) in [5, 5.41) is 0. The van der Waals surface area contributed by atoms with Crippen LogP contribution in [0.4, 0.5) is 0 Å². The molecule has 1 fully saturated rings. The van der Waals surface area contributed by atoms with Crippen molar-refractivity contribution >= 4 is 5.78 Å². The summed E-state index contributed by atoms with van der Waals surface area (Å²) < 4.78 is 20.4. The SMILES string of the molecule is [2H]C([2H])([2H])C(=O)[C]1[CH][CH][CH][CH]1. The topological polar surface area (TPSA) is 17.1 Å². The second-order valence-electron chi connectivity index (χ2n) is 1.50. The van der Waals surface area contributed by atoms with Crippen LogP contribution in [0.15, 0.2) is 0 Å². The third kappa shape index (κ3) is 1.09. The molecule has 0 unspecified atom stereocenters. The molecule has 1 heteroatoms. The van der Waals surface area contributed by atoms with Crippen molar-refractivity contribution in [3.63, 3.8) is 0 Å². The van der Waals surface area contributed by atoms with E-state index in [0.717, 1.165) is 0 Å². The summed E-state index contributed by atoms with van der Waals surface area (Å²) in [6.45, 7) is -2.51. The molecule has 1 rings (SSSR count). The lowest BCUT2D eigenvalue weighted by atomic mass is 10.0. The van der Waals surface area contributed by atoms with E-state index in [0.29, 0.717) is 0 Å². The van der Waals surface area contributed by atoms with E-state index in [1.807, 2.05) is 0 Å². The molecule has 1 aliphatic rings. The average molecular weight is 110 g/mol. The summed E-state index contributed by atoms with van der Waals surface area (Å²) in [6.07, 6.45) is 6.27. The largest absolute Gasteiger partial charge is 0.299 e. The summed E-state index contributed by atoms with van der Waals surface area (Å²) in [5.41, 5.74) is 0. The summed E-state index contributed by atoms with van der Waals surface area (Å²) in [5.74, 6) is -0.535. The van der Waals surface area contributed by atoms with Crippen molar-refractivity contribution in [3.05, 3.63) is 31.6 Å². The second kappa shape index (κ2) is 2.29. The Bertz CT molecular complexity index is 156. The number of carbonyl (C=O) groups excluding carboxylic acids is 1. The molecule has 0 bridgehead atoms. The molecule has 0 saturated heterocycles. The molecule has 1 saturated carbocycles. The fourth-order valence-electron chi connectivity index (χ4n) is 0.525. The Morgan fingerprint density at radius 2 is 2.25 bits per heavy atom. The van der Waals surface area contributed by atoms with Crippen LogP contribution in [0.1, 0.15) is 11.0 Å². The van der Waals surface area contributed by atoms with Crippen molar-refractivity contribution in [3.8, 4) is 0 Å². The zero-order valence-electron chi connectivity index (χ0n) is 7.22. The lowest BCUT2D eigenvalue weighted by Crippen LogP contribution is -2.02. The third-order valence-corrected chi connectivity index (χ3v) is 0.925. The number of hydrogen-bond donors (Lipinski definition) is 0. The van der Waals surface area contributed by atoms with Crippen LogP contribution < -0.4 is 0 Å². The molecule has 8 heavy (non-hydrogen) atoms. The minimum Gasteiger partial charge on any atom is -0.299 e. The smallest absolute Gasteiger partial charge is 0.137 e. The van der Waals surface area contributed by atoms with E-state index in [-0.39, 0.29) is 5.92 Å². The molecule has 0 aromatic heterocycles. The summed E-state index contributed by atoms with van der Waals surface area (Å²) in [6, 6.07) is 0. The Labute approximate surface area is 54.3 Å². The second-order valence-corrected chi connectivity index (χ2v) is 1.50. The number of ketones is 1. The molecule has 0 aliphatic heterocycles. The molecular formula is C7H7O. The molecule has 1 nitrogen and oxygen atoms in total. The van der Waals surface area contributed by atoms with Gasteiger partial charge in [-0.05, 0) is 32.5 Å². The molecule has 0 spiro atoms. The quantitative estimate of drug-likeness (QED) is 0.491. The zero-order valence-corrected chi connectivity index (χ0v) is 4.22. The van der Waals surface area contributed by atoms with Crippen LogP contribution in [0.3, 0.4) is 0 Å². The minimum absolute atomic E-state index is 0.255. The number of hydrogen-bond acceptors (Lipinski definition) is 1. The van der Waals surface area contributed by atoms with Crippen molar-refractivity contribution in [1.29, 1.82) is 0 Å². The molecule has 1 aliphatic carbocycles. The molecular weight excluding hydrogens is 100 g/mol. The van der Waals surface area contributed by atoms with Gasteiger partial charge < -0.3 is 0 Å². The number of Topliss-reactive ketones (excluding diaryl/α,β-unsaturated/α-hetero) is 1. The first-order valence-electron chi connectivity index (χ1n) is 3.78. The van der Waals surface area contributed by atoms with E-state index in [2.05, 4.69) is 0 Å². The van der Waals surface area contributed by atoms with E-state index in [4.69, 9.17) is 4.11 Å². The van der Waals surface area contributed by atoms with Gasteiger partial charge in [-0.15, -0.1) is 0 Å². The monoisotopic (exact) mass is 110 g/mol. The fraction of sp³-hybridized carbons (Fsp3) is 0.143. The molecule has 0 amide bonds. The predicted molar refractivity (Wildman–Crippen MR) is 31.1 cm³/mol. The highest BCUT2D eigenvalue weighted by Gasteiger charge is 2.20. The van der Waals surface area contributed by atoms with Gasteiger partial charge in [0, 0.05) is 10.0 Å². The Morgan fingerprint density at radius 1 is 1.62 bits per heavy atom. The van der Waals surface area contributed by atoms with Gasteiger partial charge in [0.2, 0.25) is 0 Å². The third-order valence-electron chi connectivity index (χ3n) is 0.925. The van der Waals surface area contributed by atoms with Crippen LogP contribution in [0, 0.1) is 31.6 Å². The standard InChI is InChI=1S/C7H7O/c1-6(8)7-4-2-3-5-7/h2-5H,1H3/i1D3. The van der Waals surface area contributed by atoms with Crippen LogP contribution >= 0.6 is 0 Å². The first kappa shape index (κ1) is 3.00. The van der Waals surface area contributed by atoms with Crippen molar-refractivity contribution in [1.82, 2.24) is 0 Å². The lowest BCUT2D eigenvalue weighted by molar-refractivity contribution is -0.114. The maximum atomic E-state index is 11.0. The maximum Gasteiger partial charge on any atom is 0.137 e.